The van der Waals surface area contributed by atoms with Gasteiger partial charge in [-0.25, -0.2) is 13.4 Å². The predicted molar refractivity (Wildman–Crippen MR) is 84.7 cm³/mol. The summed E-state index contributed by atoms with van der Waals surface area (Å²) in [5, 5.41) is -0.378. The number of rotatable bonds is 3. The first-order valence-electron chi connectivity index (χ1n) is 7.61. The summed E-state index contributed by atoms with van der Waals surface area (Å²) in [4.78, 5) is 8.69. The minimum Gasteiger partial charge on any atom is -0.380 e. The van der Waals surface area contributed by atoms with Gasteiger partial charge in [-0.05, 0) is 6.42 Å². The number of aromatic nitrogens is 2. The highest BCUT2D eigenvalue weighted by Gasteiger charge is 2.43. The fourth-order valence-corrected chi connectivity index (χ4v) is 5.31. The average Bonchev–Trinajstić information content (AvgIpc) is 2.84. The Labute approximate surface area is 131 Å². The van der Waals surface area contributed by atoms with E-state index in [-0.39, 0.29) is 17.0 Å². The van der Waals surface area contributed by atoms with Crippen LogP contribution in [-0.2, 0) is 28.2 Å². The number of sulfone groups is 1. The Morgan fingerprint density at radius 1 is 1.45 bits per heavy atom. The molecule has 0 spiro atoms. The molecule has 22 heavy (non-hydrogen) atoms. The molecular weight excluding hydrogens is 304 g/mol. The first-order valence-corrected chi connectivity index (χ1v) is 9.33. The molecule has 3 heterocycles. The number of anilines is 1. The molecule has 0 radical (unpaired) electrons. The molecule has 7 nitrogen and oxygen atoms in total. The number of hydrogen-bond donors (Lipinski definition) is 0. The normalized spacial score (nSPS) is 28.3. The molecule has 2 aliphatic rings. The first-order chi connectivity index (χ1) is 10.4. The molecule has 0 aliphatic carbocycles. The van der Waals surface area contributed by atoms with Crippen LogP contribution in [0.3, 0.4) is 0 Å². The molecule has 0 amide bonds. The van der Waals surface area contributed by atoms with Crippen LogP contribution in [0.4, 0.5) is 5.95 Å². The third-order valence-corrected chi connectivity index (χ3v) is 6.81. The van der Waals surface area contributed by atoms with Gasteiger partial charge in [0.2, 0.25) is 5.95 Å². The number of hydrogen-bond acceptors (Lipinski definition) is 6. The highest BCUT2D eigenvalue weighted by atomic mass is 32.2. The lowest BCUT2D eigenvalue weighted by Crippen LogP contribution is -2.58. The third kappa shape index (κ3) is 2.75. The van der Waals surface area contributed by atoms with Gasteiger partial charge in [-0.2, -0.15) is 0 Å². The van der Waals surface area contributed by atoms with Gasteiger partial charge in [0.25, 0.3) is 0 Å². The van der Waals surface area contributed by atoms with Gasteiger partial charge in [-0.1, -0.05) is 0 Å². The summed E-state index contributed by atoms with van der Waals surface area (Å²) in [6, 6.07) is 0.0604. The van der Waals surface area contributed by atoms with E-state index in [2.05, 4.69) is 14.5 Å². The average molecular weight is 328 g/mol. The van der Waals surface area contributed by atoms with Crippen LogP contribution in [0.2, 0.25) is 0 Å². The monoisotopic (exact) mass is 328 g/mol. The van der Waals surface area contributed by atoms with Crippen LogP contribution >= 0.6 is 0 Å². The van der Waals surface area contributed by atoms with Crippen molar-refractivity contribution in [2.45, 2.75) is 24.3 Å². The van der Waals surface area contributed by atoms with Gasteiger partial charge in [0, 0.05) is 46.9 Å². The summed E-state index contributed by atoms with van der Waals surface area (Å²) in [5.74, 6) is 1.12. The zero-order valence-corrected chi connectivity index (χ0v) is 14.2. The van der Waals surface area contributed by atoms with Gasteiger partial charge in [0.05, 0.1) is 24.3 Å². The molecule has 0 bridgehead atoms. The molecule has 0 saturated carbocycles. The highest BCUT2D eigenvalue weighted by Crippen LogP contribution is 2.27. The van der Waals surface area contributed by atoms with Crippen molar-refractivity contribution in [3.05, 3.63) is 11.9 Å². The van der Waals surface area contributed by atoms with E-state index in [4.69, 9.17) is 4.74 Å². The molecular formula is C14H24N4O3S. The van der Waals surface area contributed by atoms with Crippen molar-refractivity contribution < 1.29 is 13.2 Å². The Balaban J connectivity index is 1.80. The molecule has 8 heteroatoms. The summed E-state index contributed by atoms with van der Waals surface area (Å²) in [7, 11) is 2.91. The summed E-state index contributed by atoms with van der Waals surface area (Å²) >= 11 is 0. The molecule has 0 N–H and O–H groups in total. The molecule has 2 fully saturated rings. The van der Waals surface area contributed by atoms with Gasteiger partial charge in [-0.15, -0.1) is 0 Å². The Morgan fingerprint density at radius 2 is 2.23 bits per heavy atom. The van der Waals surface area contributed by atoms with Gasteiger partial charge in [0.15, 0.2) is 9.84 Å². The Morgan fingerprint density at radius 3 is 2.91 bits per heavy atom. The van der Waals surface area contributed by atoms with Crippen LogP contribution < -0.4 is 4.90 Å². The summed E-state index contributed by atoms with van der Waals surface area (Å²) < 4.78 is 32.0. The Kier molecular flexibility index (Phi) is 4.17. The third-order valence-electron chi connectivity index (χ3n) is 4.69. The maximum atomic E-state index is 12.2. The summed E-state index contributed by atoms with van der Waals surface area (Å²) in [6.07, 6.45) is 2.66. The van der Waals surface area contributed by atoms with Crippen LogP contribution in [0, 0.1) is 0 Å². The first kappa shape index (κ1) is 15.8. The maximum Gasteiger partial charge on any atom is 0.204 e. The van der Waals surface area contributed by atoms with Gasteiger partial charge >= 0.3 is 0 Å². The highest BCUT2D eigenvalue weighted by molar-refractivity contribution is 7.92. The van der Waals surface area contributed by atoms with Crippen molar-refractivity contribution in [3.8, 4) is 0 Å². The van der Waals surface area contributed by atoms with E-state index < -0.39 is 9.84 Å². The minimum absolute atomic E-state index is 0.0604. The zero-order valence-electron chi connectivity index (χ0n) is 13.4. The number of imidazole rings is 1. The topological polar surface area (TPSA) is 67.7 Å². The smallest absolute Gasteiger partial charge is 0.204 e. The van der Waals surface area contributed by atoms with E-state index >= 15 is 0 Å². The minimum atomic E-state index is -3.02. The van der Waals surface area contributed by atoms with Crippen molar-refractivity contribution >= 4 is 15.8 Å². The second-order valence-corrected chi connectivity index (χ2v) is 8.65. The molecule has 2 saturated heterocycles. The lowest BCUT2D eigenvalue weighted by molar-refractivity contribution is 0.0306. The van der Waals surface area contributed by atoms with Crippen LogP contribution in [0.1, 0.15) is 12.1 Å². The van der Waals surface area contributed by atoms with E-state index in [1.54, 1.807) is 0 Å². The van der Waals surface area contributed by atoms with Crippen molar-refractivity contribution in [3.63, 3.8) is 0 Å². The van der Waals surface area contributed by atoms with Crippen molar-refractivity contribution in [2.24, 2.45) is 7.05 Å². The van der Waals surface area contributed by atoms with E-state index in [1.807, 2.05) is 32.2 Å². The largest absolute Gasteiger partial charge is 0.380 e. The number of nitrogens with zero attached hydrogens (tertiary/aromatic N) is 4. The molecule has 2 atom stereocenters. The van der Waals surface area contributed by atoms with Gasteiger partial charge < -0.3 is 14.2 Å². The van der Waals surface area contributed by atoms with Crippen LogP contribution in [-0.4, -0.2) is 73.8 Å². The second-order valence-electron chi connectivity index (χ2n) is 6.31. The lowest BCUT2D eigenvalue weighted by Gasteiger charge is -2.43. The fraction of sp³-hybridized carbons (Fsp3) is 0.786. The summed E-state index contributed by atoms with van der Waals surface area (Å²) in [5.41, 5.74) is 1.10. The molecule has 0 aromatic carbocycles. The van der Waals surface area contributed by atoms with E-state index in [9.17, 15) is 8.42 Å². The second kappa shape index (κ2) is 5.82. The summed E-state index contributed by atoms with van der Waals surface area (Å²) in [6.45, 7) is 2.29. The molecule has 3 rings (SSSR count). The molecule has 1 aromatic rings. The zero-order chi connectivity index (χ0) is 15.9. The SMILES string of the molecule is CN(C)c1ncc(CN2CCS(=O)(=O)[C@@H]3COCC[C@@H]32)n1C. The molecule has 0 unspecified atom stereocenters. The lowest BCUT2D eigenvalue weighted by atomic mass is 10.1. The van der Waals surface area contributed by atoms with Crippen molar-refractivity contribution in [1.82, 2.24) is 14.5 Å². The van der Waals surface area contributed by atoms with Crippen molar-refractivity contribution in [1.29, 1.82) is 0 Å². The molecule has 1 aromatic heterocycles. The van der Waals surface area contributed by atoms with Crippen LogP contribution in [0.15, 0.2) is 6.20 Å². The van der Waals surface area contributed by atoms with E-state index in [0.29, 0.717) is 19.8 Å². The Bertz CT molecular complexity index is 641. The Hall–Kier alpha value is -1.12. The molecule has 2 aliphatic heterocycles. The van der Waals surface area contributed by atoms with Crippen LogP contribution in [0.25, 0.3) is 0 Å². The van der Waals surface area contributed by atoms with E-state index in [0.717, 1.165) is 24.6 Å². The van der Waals surface area contributed by atoms with Crippen LogP contribution in [0.5, 0.6) is 0 Å². The van der Waals surface area contributed by atoms with Gasteiger partial charge in [0.1, 0.15) is 5.25 Å². The van der Waals surface area contributed by atoms with Crippen molar-refractivity contribution in [2.75, 3.05) is 44.5 Å². The molecule has 124 valence electrons. The number of fused-ring (bicyclic) bond motifs is 1. The predicted octanol–water partition coefficient (Wildman–Crippen LogP) is -0.126. The quantitative estimate of drug-likeness (QED) is 0.770. The fourth-order valence-electron chi connectivity index (χ4n) is 3.42. The van der Waals surface area contributed by atoms with E-state index in [1.165, 1.54) is 0 Å². The standard InChI is InChI=1S/C14H24N4O3S/c1-16(2)14-15-8-11(17(14)3)9-18-5-7-22(19,20)13-10-21-6-4-12(13)18/h8,12-13H,4-7,9-10H2,1-3H3/t12-,13+/m0/s1. The van der Waals surface area contributed by atoms with Gasteiger partial charge in [-0.3, -0.25) is 4.90 Å². The number of ether oxygens (including phenoxy) is 1. The maximum absolute atomic E-state index is 12.2.